The lowest BCUT2D eigenvalue weighted by atomic mass is 9.73. The van der Waals surface area contributed by atoms with Gasteiger partial charge in [-0.1, -0.05) is 6.42 Å². The third kappa shape index (κ3) is 1.79. The third-order valence-corrected chi connectivity index (χ3v) is 4.89. The Labute approximate surface area is 109 Å². The van der Waals surface area contributed by atoms with Gasteiger partial charge in [0.15, 0.2) is 0 Å². The smallest absolute Gasteiger partial charge is 0.0959 e. The fourth-order valence-electron chi connectivity index (χ4n) is 3.93. The molecule has 4 nitrogen and oxygen atoms in total. The summed E-state index contributed by atoms with van der Waals surface area (Å²) in [6.45, 7) is 2.00. The molecule has 2 bridgehead atoms. The molecular weight excluding hydrogens is 226 g/mol. The van der Waals surface area contributed by atoms with Crippen molar-refractivity contribution >= 4 is 0 Å². The molecule has 1 aromatic heterocycles. The van der Waals surface area contributed by atoms with E-state index in [2.05, 4.69) is 17.0 Å². The van der Waals surface area contributed by atoms with Crippen molar-refractivity contribution in [2.24, 2.45) is 7.05 Å². The average molecular weight is 249 g/mol. The predicted molar refractivity (Wildman–Crippen MR) is 70.3 cm³/mol. The topological polar surface area (TPSA) is 41.3 Å². The van der Waals surface area contributed by atoms with Crippen molar-refractivity contribution in [1.82, 2.24) is 14.7 Å². The van der Waals surface area contributed by atoms with Crippen molar-refractivity contribution in [3.8, 4) is 0 Å². The molecular formula is C14H23N3O. The Morgan fingerprint density at radius 1 is 1.28 bits per heavy atom. The minimum Gasteiger partial charge on any atom is -0.385 e. The maximum atomic E-state index is 11.1. The van der Waals surface area contributed by atoms with Gasteiger partial charge in [-0.3, -0.25) is 4.68 Å². The van der Waals surface area contributed by atoms with Crippen LogP contribution in [0.4, 0.5) is 0 Å². The van der Waals surface area contributed by atoms with Crippen LogP contribution in [-0.4, -0.2) is 38.9 Å². The Hall–Kier alpha value is -0.870. The zero-order valence-corrected chi connectivity index (χ0v) is 11.6. The van der Waals surface area contributed by atoms with E-state index in [1.807, 2.05) is 24.9 Å². The number of fused-ring (bicyclic) bond motifs is 2. The van der Waals surface area contributed by atoms with Gasteiger partial charge in [0.25, 0.3) is 0 Å². The molecule has 2 saturated heterocycles. The molecule has 0 aromatic carbocycles. The van der Waals surface area contributed by atoms with E-state index in [1.54, 1.807) is 0 Å². The van der Waals surface area contributed by atoms with Crippen LogP contribution in [0.5, 0.6) is 0 Å². The van der Waals surface area contributed by atoms with E-state index in [4.69, 9.17) is 0 Å². The van der Waals surface area contributed by atoms with Crippen molar-refractivity contribution in [2.45, 2.75) is 56.7 Å². The lowest BCUT2D eigenvalue weighted by Crippen LogP contribution is -2.55. The first-order valence-electron chi connectivity index (χ1n) is 6.95. The molecule has 0 saturated carbocycles. The molecule has 1 N–H and O–H groups in total. The summed E-state index contributed by atoms with van der Waals surface area (Å²) in [5.74, 6) is 0. The summed E-state index contributed by atoms with van der Waals surface area (Å²) in [5, 5.41) is 15.5. The van der Waals surface area contributed by atoms with Gasteiger partial charge in [-0.05, 0) is 39.7 Å². The highest BCUT2D eigenvalue weighted by atomic mass is 16.3. The summed E-state index contributed by atoms with van der Waals surface area (Å²) in [6.07, 6.45) is 7.44. The summed E-state index contributed by atoms with van der Waals surface area (Å²) in [4.78, 5) is 2.48. The fraction of sp³-hybridized carbons (Fsp3) is 0.786. The van der Waals surface area contributed by atoms with Crippen LogP contribution in [-0.2, 0) is 12.6 Å². The SMILES string of the molecule is Cc1nn(C)cc1C1(O)CC2CCCC(C1)N2C. The van der Waals surface area contributed by atoms with Crippen molar-refractivity contribution in [3.63, 3.8) is 0 Å². The van der Waals surface area contributed by atoms with Gasteiger partial charge in [0.05, 0.1) is 11.3 Å². The molecule has 2 aliphatic rings. The average Bonchev–Trinajstić information content (AvgIpc) is 2.61. The van der Waals surface area contributed by atoms with Crippen LogP contribution in [0.15, 0.2) is 6.20 Å². The van der Waals surface area contributed by atoms with Crippen LogP contribution in [0.2, 0.25) is 0 Å². The molecule has 1 aromatic rings. The molecule has 0 amide bonds. The van der Waals surface area contributed by atoms with Crippen molar-refractivity contribution in [1.29, 1.82) is 0 Å². The first kappa shape index (κ1) is 12.2. The van der Waals surface area contributed by atoms with Crippen LogP contribution >= 0.6 is 0 Å². The van der Waals surface area contributed by atoms with E-state index < -0.39 is 5.60 Å². The van der Waals surface area contributed by atoms with Crippen molar-refractivity contribution in [3.05, 3.63) is 17.5 Å². The number of piperidine rings is 2. The van der Waals surface area contributed by atoms with Gasteiger partial charge in [0, 0.05) is 30.9 Å². The Balaban J connectivity index is 1.94. The van der Waals surface area contributed by atoms with E-state index in [-0.39, 0.29) is 0 Å². The van der Waals surface area contributed by atoms with Crippen LogP contribution in [0.3, 0.4) is 0 Å². The highest BCUT2D eigenvalue weighted by Gasteiger charge is 2.46. The number of aliphatic hydroxyl groups is 1. The Morgan fingerprint density at radius 2 is 1.89 bits per heavy atom. The number of rotatable bonds is 1. The Morgan fingerprint density at radius 3 is 2.39 bits per heavy atom. The third-order valence-electron chi connectivity index (χ3n) is 4.89. The first-order chi connectivity index (χ1) is 8.49. The maximum Gasteiger partial charge on any atom is 0.0959 e. The number of hydrogen-bond acceptors (Lipinski definition) is 3. The molecule has 2 unspecified atom stereocenters. The van der Waals surface area contributed by atoms with E-state index >= 15 is 0 Å². The van der Waals surface area contributed by atoms with Gasteiger partial charge in [0.1, 0.15) is 0 Å². The second-order valence-corrected chi connectivity index (χ2v) is 6.15. The van der Waals surface area contributed by atoms with Gasteiger partial charge in [-0.25, -0.2) is 0 Å². The molecule has 0 aliphatic carbocycles. The zero-order chi connectivity index (χ0) is 12.9. The number of hydrogen-bond donors (Lipinski definition) is 1. The monoisotopic (exact) mass is 249 g/mol. The lowest BCUT2D eigenvalue weighted by Gasteiger charge is -2.50. The molecule has 100 valence electrons. The summed E-state index contributed by atoms with van der Waals surface area (Å²) in [5.41, 5.74) is 1.35. The molecule has 2 aliphatic heterocycles. The minimum atomic E-state index is -0.666. The van der Waals surface area contributed by atoms with Crippen molar-refractivity contribution < 1.29 is 5.11 Å². The summed E-state index contributed by atoms with van der Waals surface area (Å²) in [6, 6.07) is 1.06. The van der Waals surface area contributed by atoms with Crippen LogP contribution in [0.1, 0.15) is 43.4 Å². The van der Waals surface area contributed by atoms with Crippen LogP contribution in [0.25, 0.3) is 0 Å². The van der Waals surface area contributed by atoms with Gasteiger partial charge in [-0.15, -0.1) is 0 Å². The molecule has 0 spiro atoms. The number of nitrogens with zero attached hydrogens (tertiary/aromatic N) is 3. The molecule has 3 rings (SSSR count). The molecule has 2 atom stereocenters. The van der Waals surface area contributed by atoms with Crippen LogP contribution < -0.4 is 0 Å². The highest BCUT2D eigenvalue weighted by Crippen LogP contribution is 2.44. The normalized spacial score (nSPS) is 36.9. The number of aryl methyl sites for hydroxylation is 2. The van der Waals surface area contributed by atoms with Crippen molar-refractivity contribution in [2.75, 3.05) is 7.05 Å². The standard InChI is InChI=1S/C14H23N3O/c1-10-13(9-16(2)15-10)14(18)7-11-5-4-6-12(8-14)17(11)3/h9,11-12,18H,4-8H2,1-3H3. The van der Waals surface area contributed by atoms with E-state index in [0.717, 1.165) is 24.1 Å². The predicted octanol–water partition coefficient (Wildman–Crippen LogP) is 1.56. The lowest BCUT2D eigenvalue weighted by molar-refractivity contribution is -0.0878. The minimum absolute atomic E-state index is 0.530. The van der Waals surface area contributed by atoms with E-state index in [0.29, 0.717) is 12.1 Å². The summed E-state index contributed by atoms with van der Waals surface area (Å²) < 4.78 is 1.82. The second kappa shape index (κ2) is 4.07. The van der Waals surface area contributed by atoms with Gasteiger partial charge >= 0.3 is 0 Å². The molecule has 4 heteroatoms. The Bertz CT molecular complexity index is 440. The molecule has 0 radical (unpaired) electrons. The Kier molecular flexibility index (Phi) is 2.75. The van der Waals surface area contributed by atoms with E-state index in [9.17, 15) is 5.11 Å². The van der Waals surface area contributed by atoms with Gasteiger partial charge < -0.3 is 10.0 Å². The second-order valence-electron chi connectivity index (χ2n) is 6.15. The molecule has 3 heterocycles. The maximum absolute atomic E-state index is 11.1. The molecule has 2 fully saturated rings. The number of aromatic nitrogens is 2. The fourth-order valence-corrected chi connectivity index (χ4v) is 3.93. The zero-order valence-electron chi connectivity index (χ0n) is 11.6. The quantitative estimate of drug-likeness (QED) is 0.821. The van der Waals surface area contributed by atoms with Gasteiger partial charge in [0.2, 0.25) is 0 Å². The van der Waals surface area contributed by atoms with E-state index in [1.165, 1.54) is 19.3 Å². The highest BCUT2D eigenvalue weighted by molar-refractivity contribution is 5.26. The first-order valence-corrected chi connectivity index (χ1v) is 6.95. The summed E-state index contributed by atoms with van der Waals surface area (Å²) >= 11 is 0. The largest absolute Gasteiger partial charge is 0.385 e. The molecule has 18 heavy (non-hydrogen) atoms. The van der Waals surface area contributed by atoms with Crippen LogP contribution in [0, 0.1) is 6.92 Å². The van der Waals surface area contributed by atoms with Gasteiger partial charge in [-0.2, -0.15) is 5.10 Å². The summed E-state index contributed by atoms with van der Waals surface area (Å²) in [7, 11) is 4.14.